The summed E-state index contributed by atoms with van der Waals surface area (Å²) < 4.78 is 0. The van der Waals surface area contributed by atoms with Gasteiger partial charge in [-0.05, 0) is 50.9 Å². The fourth-order valence-electron chi connectivity index (χ4n) is 4.81. The van der Waals surface area contributed by atoms with Crippen molar-refractivity contribution in [1.29, 1.82) is 0 Å². The van der Waals surface area contributed by atoms with Gasteiger partial charge in [0.25, 0.3) is 0 Å². The van der Waals surface area contributed by atoms with Gasteiger partial charge in [0.1, 0.15) is 0 Å². The standard InChI is InChI=1S/C18H28N2O2/c21-16(15-4-1-2-5-15)20-11-9-18(13-20)8-3-10-19(17(18)22)12-14-6-7-14/h14-15H,1-13H2. The second-order valence-electron chi connectivity index (χ2n) is 8.07. The molecule has 2 heterocycles. The molecule has 0 N–H and O–H groups in total. The maximum atomic E-state index is 13.0. The first-order valence-electron chi connectivity index (χ1n) is 9.26. The lowest BCUT2D eigenvalue weighted by molar-refractivity contribution is -0.146. The van der Waals surface area contributed by atoms with Crippen molar-refractivity contribution in [2.24, 2.45) is 17.3 Å². The molecule has 4 aliphatic rings. The summed E-state index contributed by atoms with van der Waals surface area (Å²) in [6, 6.07) is 0. The van der Waals surface area contributed by atoms with Crippen molar-refractivity contribution in [3.63, 3.8) is 0 Å². The highest BCUT2D eigenvalue weighted by Gasteiger charge is 2.50. The molecule has 0 aromatic rings. The molecular weight excluding hydrogens is 276 g/mol. The fourth-order valence-corrected chi connectivity index (χ4v) is 4.81. The van der Waals surface area contributed by atoms with E-state index >= 15 is 0 Å². The lowest BCUT2D eigenvalue weighted by Gasteiger charge is -2.39. The third kappa shape index (κ3) is 2.55. The van der Waals surface area contributed by atoms with Crippen LogP contribution in [0.25, 0.3) is 0 Å². The normalized spacial score (nSPS) is 33.2. The van der Waals surface area contributed by atoms with Crippen LogP contribution in [-0.4, -0.2) is 47.8 Å². The molecule has 4 rings (SSSR count). The van der Waals surface area contributed by atoms with Gasteiger partial charge in [0.15, 0.2) is 0 Å². The third-order valence-electron chi connectivity index (χ3n) is 6.37. The Balaban J connectivity index is 1.42. The second-order valence-corrected chi connectivity index (χ2v) is 8.07. The van der Waals surface area contributed by atoms with Gasteiger partial charge >= 0.3 is 0 Å². The molecule has 0 aromatic heterocycles. The molecule has 1 spiro atoms. The average molecular weight is 304 g/mol. The summed E-state index contributed by atoms with van der Waals surface area (Å²) in [6.07, 6.45) is 10.1. The molecule has 2 saturated heterocycles. The van der Waals surface area contributed by atoms with Gasteiger partial charge < -0.3 is 9.80 Å². The largest absolute Gasteiger partial charge is 0.342 e. The number of carbonyl (C=O) groups excluding carboxylic acids is 2. The summed E-state index contributed by atoms with van der Waals surface area (Å²) >= 11 is 0. The third-order valence-corrected chi connectivity index (χ3v) is 6.37. The number of carbonyl (C=O) groups is 2. The molecule has 22 heavy (non-hydrogen) atoms. The van der Waals surface area contributed by atoms with Crippen molar-refractivity contribution in [2.45, 2.75) is 57.8 Å². The quantitative estimate of drug-likeness (QED) is 0.803. The van der Waals surface area contributed by atoms with Crippen molar-refractivity contribution in [1.82, 2.24) is 9.80 Å². The summed E-state index contributed by atoms with van der Waals surface area (Å²) in [6.45, 7) is 3.41. The van der Waals surface area contributed by atoms with E-state index in [9.17, 15) is 9.59 Å². The minimum Gasteiger partial charge on any atom is -0.342 e. The number of rotatable bonds is 3. The highest BCUT2D eigenvalue weighted by molar-refractivity contribution is 5.86. The van der Waals surface area contributed by atoms with Gasteiger partial charge in [-0.25, -0.2) is 0 Å². The topological polar surface area (TPSA) is 40.6 Å². The van der Waals surface area contributed by atoms with Crippen LogP contribution in [0.15, 0.2) is 0 Å². The van der Waals surface area contributed by atoms with Gasteiger partial charge in [-0.15, -0.1) is 0 Å². The molecule has 4 nitrogen and oxygen atoms in total. The van der Waals surface area contributed by atoms with Crippen molar-refractivity contribution in [3.05, 3.63) is 0 Å². The summed E-state index contributed by atoms with van der Waals surface area (Å²) in [5.74, 6) is 1.70. The summed E-state index contributed by atoms with van der Waals surface area (Å²) in [4.78, 5) is 29.8. The minimum atomic E-state index is -0.235. The fraction of sp³-hybridized carbons (Fsp3) is 0.889. The van der Waals surface area contributed by atoms with Crippen LogP contribution in [-0.2, 0) is 9.59 Å². The summed E-state index contributed by atoms with van der Waals surface area (Å²) in [5.41, 5.74) is -0.235. The Morgan fingerprint density at radius 3 is 2.55 bits per heavy atom. The molecule has 2 aliphatic heterocycles. The first kappa shape index (κ1) is 14.5. The number of hydrogen-bond donors (Lipinski definition) is 0. The van der Waals surface area contributed by atoms with E-state index in [1.807, 2.05) is 4.90 Å². The average Bonchev–Trinajstić information content (AvgIpc) is 3.03. The van der Waals surface area contributed by atoms with E-state index in [1.54, 1.807) is 0 Å². The minimum absolute atomic E-state index is 0.235. The van der Waals surface area contributed by atoms with Crippen LogP contribution in [0.3, 0.4) is 0 Å². The Kier molecular flexibility index (Phi) is 3.66. The molecule has 0 aromatic carbocycles. The first-order chi connectivity index (χ1) is 10.7. The van der Waals surface area contributed by atoms with Gasteiger partial charge in [-0.2, -0.15) is 0 Å². The maximum absolute atomic E-state index is 13.0. The maximum Gasteiger partial charge on any atom is 0.230 e. The van der Waals surface area contributed by atoms with Crippen LogP contribution in [0.5, 0.6) is 0 Å². The van der Waals surface area contributed by atoms with Crippen molar-refractivity contribution in [3.8, 4) is 0 Å². The Hall–Kier alpha value is -1.06. The van der Waals surface area contributed by atoms with Crippen molar-refractivity contribution < 1.29 is 9.59 Å². The molecule has 2 amide bonds. The highest BCUT2D eigenvalue weighted by atomic mass is 16.2. The predicted octanol–water partition coefficient (Wildman–Crippen LogP) is 2.43. The lowest BCUT2D eigenvalue weighted by Crippen LogP contribution is -2.51. The molecule has 1 atom stereocenters. The molecule has 4 heteroatoms. The van der Waals surface area contributed by atoms with E-state index in [1.165, 1.54) is 25.7 Å². The van der Waals surface area contributed by atoms with E-state index in [-0.39, 0.29) is 11.3 Å². The molecular formula is C18H28N2O2. The van der Waals surface area contributed by atoms with E-state index in [0.717, 1.165) is 57.7 Å². The van der Waals surface area contributed by atoms with Gasteiger partial charge in [-0.3, -0.25) is 9.59 Å². The number of likely N-dealkylation sites (tertiary alicyclic amines) is 2. The number of nitrogens with zero attached hydrogens (tertiary/aromatic N) is 2. The Labute approximate surface area is 133 Å². The Morgan fingerprint density at radius 1 is 1.05 bits per heavy atom. The Bertz CT molecular complexity index is 468. The van der Waals surface area contributed by atoms with Crippen LogP contribution < -0.4 is 0 Å². The molecule has 4 fully saturated rings. The zero-order valence-electron chi connectivity index (χ0n) is 13.6. The van der Waals surface area contributed by atoms with E-state index < -0.39 is 0 Å². The van der Waals surface area contributed by atoms with Crippen LogP contribution in [0, 0.1) is 17.3 Å². The van der Waals surface area contributed by atoms with E-state index in [0.29, 0.717) is 18.4 Å². The first-order valence-corrected chi connectivity index (χ1v) is 9.26. The zero-order valence-corrected chi connectivity index (χ0v) is 13.6. The second kappa shape index (κ2) is 5.54. The van der Waals surface area contributed by atoms with E-state index in [2.05, 4.69) is 4.90 Å². The SMILES string of the molecule is O=C(C1CCCC1)N1CCC2(CCCN(CC3CC3)C2=O)C1. The van der Waals surface area contributed by atoms with Crippen LogP contribution >= 0.6 is 0 Å². The van der Waals surface area contributed by atoms with Gasteiger partial charge in [0, 0.05) is 32.1 Å². The summed E-state index contributed by atoms with van der Waals surface area (Å²) in [5, 5.41) is 0. The van der Waals surface area contributed by atoms with E-state index in [4.69, 9.17) is 0 Å². The lowest BCUT2D eigenvalue weighted by atomic mass is 9.78. The van der Waals surface area contributed by atoms with Gasteiger partial charge in [0.2, 0.25) is 11.8 Å². The smallest absolute Gasteiger partial charge is 0.230 e. The number of piperidine rings is 1. The summed E-state index contributed by atoms with van der Waals surface area (Å²) in [7, 11) is 0. The zero-order chi connectivity index (χ0) is 15.2. The predicted molar refractivity (Wildman–Crippen MR) is 84.1 cm³/mol. The molecule has 122 valence electrons. The van der Waals surface area contributed by atoms with Gasteiger partial charge in [0.05, 0.1) is 5.41 Å². The van der Waals surface area contributed by atoms with Crippen LogP contribution in [0.4, 0.5) is 0 Å². The van der Waals surface area contributed by atoms with Crippen LogP contribution in [0.1, 0.15) is 57.8 Å². The molecule has 2 aliphatic carbocycles. The molecule has 0 radical (unpaired) electrons. The van der Waals surface area contributed by atoms with Gasteiger partial charge in [-0.1, -0.05) is 12.8 Å². The number of hydrogen-bond acceptors (Lipinski definition) is 2. The highest BCUT2D eigenvalue weighted by Crippen LogP contribution is 2.42. The molecule has 0 bridgehead atoms. The Morgan fingerprint density at radius 2 is 1.82 bits per heavy atom. The molecule has 2 saturated carbocycles. The van der Waals surface area contributed by atoms with Crippen molar-refractivity contribution >= 4 is 11.8 Å². The molecule has 1 unspecified atom stereocenters. The van der Waals surface area contributed by atoms with Crippen molar-refractivity contribution in [2.75, 3.05) is 26.2 Å². The van der Waals surface area contributed by atoms with Crippen LogP contribution in [0.2, 0.25) is 0 Å². The monoisotopic (exact) mass is 304 g/mol. The number of amides is 2.